The molecule has 0 aliphatic rings. The first-order valence-electron chi connectivity index (χ1n) is 9.52. The molecule has 2 aromatic carbocycles. The number of amides is 1. The molecule has 3 nitrogen and oxygen atoms in total. The number of carbonyl (C=O) groups is 1. The Hall–Kier alpha value is -2.11. The first-order valence-corrected chi connectivity index (χ1v) is 11.3. The Labute approximate surface area is 175 Å². The molecule has 0 saturated carbocycles. The van der Waals surface area contributed by atoms with Gasteiger partial charge in [0.25, 0.3) is 0 Å². The topological polar surface area (TPSA) is 42.0 Å². The van der Waals surface area contributed by atoms with Crippen molar-refractivity contribution in [3.63, 3.8) is 0 Å². The maximum atomic E-state index is 12.4. The van der Waals surface area contributed by atoms with Crippen LogP contribution in [0.15, 0.2) is 58.8 Å². The Balaban J connectivity index is 1.59. The summed E-state index contributed by atoms with van der Waals surface area (Å²) in [5, 5.41) is 6.09. The van der Waals surface area contributed by atoms with Crippen LogP contribution in [0.4, 0.5) is 5.13 Å². The van der Waals surface area contributed by atoms with Crippen molar-refractivity contribution in [1.82, 2.24) is 4.98 Å². The second kappa shape index (κ2) is 9.39. The molecule has 1 amide bonds. The van der Waals surface area contributed by atoms with Crippen molar-refractivity contribution in [1.29, 1.82) is 0 Å². The lowest BCUT2D eigenvalue weighted by Gasteiger charge is -2.06. The summed E-state index contributed by atoms with van der Waals surface area (Å²) in [7, 11) is 0. The van der Waals surface area contributed by atoms with Gasteiger partial charge in [0, 0.05) is 21.1 Å². The summed E-state index contributed by atoms with van der Waals surface area (Å²) in [5.41, 5.74) is 4.28. The summed E-state index contributed by atoms with van der Waals surface area (Å²) in [6.07, 6.45) is 0.352. The standard InChI is InChI=1S/C23H26N2OS2/c1-15(2)18-7-9-19(10-8-18)21-14-27-23(24-21)25-22(26)13-17-5-11-20(12-6-17)28-16(3)4/h5-12,14-16H,13H2,1-4H3,(H,24,25,26). The maximum absolute atomic E-state index is 12.4. The van der Waals surface area contributed by atoms with Gasteiger partial charge in [-0.25, -0.2) is 4.98 Å². The summed E-state index contributed by atoms with van der Waals surface area (Å²) in [4.78, 5) is 18.2. The van der Waals surface area contributed by atoms with Crippen LogP contribution >= 0.6 is 23.1 Å². The summed E-state index contributed by atoms with van der Waals surface area (Å²) in [6, 6.07) is 16.7. The molecule has 1 heterocycles. The van der Waals surface area contributed by atoms with Gasteiger partial charge in [-0.1, -0.05) is 64.1 Å². The highest BCUT2D eigenvalue weighted by molar-refractivity contribution is 7.99. The molecule has 0 aliphatic heterocycles. The minimum Gasteiger partial charge on any atom is -0.302 e. The molecule has 0 fully saturated rings. The highest BCUT2D eigenvalue weighted by Gasteiger charge is 2.10. The largest absolute Gasteiger partial charge is 0.302 e. The second-order valence-corrected chi connectivity index (χ2v) is 9.86. The van der Waals surface area contributed by atoms with E-state index in [0.717, 1.165) is 16.8 Å². The van der Waals surface area contributed by atoms with Crippen molar-refractivity contribution in [2.24, 2.45) is 0 Å². The average Bonchev–Trinajstić information content (AvgIpc) is 3.11. The number of hydrogen-bond acceptors (Lipinski definition) is 4. The monoisotopic (exact) mass is 410 g/mol. The van der Waals surface area contributed by atoms with Gasteiger partial charge in [0.1, 0.15) is 0 Å². The fourth-order valence-corrected chi connectivity index (χ4v) is 4.38. The lowest BCUT2D eigenvalue weighted by atomic mass is 10.0. The molecule has 3 rings (SSSR count). The molecule has 0 bridgehead atoms. The predicted molar refractivity (Wildman–Crippen MR) is 121 cm³/mol. The predicted octanol–water partition coefficient (Wildman–Crippen LogP) is 6.62. The molecule has 3 aromatic rings. The third-order valence-corrected chi connectivity index (χ3v) is 6.06. The van der Waals surface area contributed by atoms with Crippen LogP contribution in [0.3, 0.4) is 0 Å². The van der Waals surface area contributed by atoms with E-state index in [2.05, 4.69) is 74.4 Å². The van der Waals surface area contributed by atoms with Crippen LogP contribution in [-0.4, -0.2) is 16.1 Å². The van der Waals surface area contributed by atoms with Crippen molar-refractivity contribution in [2.45, 2.75) is 50.2 Å². The minimum atomic E-state index is -0.0414. The van der Waals surface area contributed by atoms with Gasteiger partial charge >= 0.3 is 0 Å². The van der Waals surface area contributed by atoms with Gasteiger partial charge in [0.15, 0.2) is 5.13 Å². The number of thiazole rings is 1. The molecule has 1 N–H and O–H groups in total. The van der Waals surface area contributed by atoms with E-state index < -0.39 is 0 Å². The van der Waals surface area contributed by atoms with E-state index in [0.29, 0.717) is 22.7 Å². The molecule has 0 aliphatic carbocycles. The molecule has 0 radical (unpaired) electrons. The quantitative estimate of drug-likeness (QED) is 0.445. The normalized spacial score (nSPS) is 11.2. The molecular weight excluding hydrogens is 384 g/mol. The van der Waals surface area contributed by atoms with Crippen molar-refractivity contribution < 1.29 is 4.79 Å². The minimum absolute atomic E-state index is 0.0414. The number of nitrogens with zero attached hydrogens (tertiary/aromatic N) is 1. The molecular formula is C23H26N2OS2. The van der Waals surface area contributed by atoms with Gasteiger partial charge in [-0.05, 0) is 29.2 Å². The SMILES string of the molecule is CC(C)Sc1ccc(CC(=O)Nc2nc(-c3ccc(C(C)C)cc3)cs2)cc1. The summed E-state index contributed by atoms with van der Waals surface area (Å²) < 4.78 is 0. The third kappa shape index (κ3) is 5.69. The van der Waals surface area contributed by atoms with Crippen LogP contribution in [0, 0.1) is 0 Å². The first kappa shape index (κ1) is 20.6. The second-order valence-electron chi connectivity index (χ2n) is 7.35. The number of anilines is 1. The molecule has 5 heteroatoms. The van der Waals surface area contributed by atoms with Gasteiger partial charge < -0.3 is 5.32 Å². The number of aromatic nitrogens is 1. The van der Waals surface area contributed by atoms with E-state index in [1.807, 2.05) is 29.3 Å². The van der Waals surface area contributed by atoms with Crippen LogP contribution < -0.4 is 5.32 Å². The van der Waals surface area contributed by atoms with E-state index in [1.165, 1.54) is 21.8 Å². The van der Waals surface area contributed by atoms with Gasteiger partial charge in [-0.15, -0.1) is 23.1 Å². The van der Waals surface area contributed by atoms with E-state index in [9.17, 15) is 4.79 Å². The summed E-state index contributed by atoms with van der Waals surface area (Å²) >= 11 is 3.28. The maximum Gasteiger partial charge on any atom is 0.230 e. The first-order chi connectivity index (χ1) is 13.4. The summed E-state index contributed by atoms with van der Waals surface area (Å²) in [5.74, 6) is 0.470. The van der Waals surface area contributed by atoms with E-state index in [1.54, 1.807) is 0 Å². The molecule has 0 unspecified atom stereocenters. The van der Waals surface area contributed by atoms with Crippen molar-refractivity contribution in [3.8, 4) is 11.3 Å². The number of rotatable bonds is 7. The number of carbonyl (C=O) groups excluding carboxylic acids is 1. The molecule has 146 valence electrons. The lowest BCUT2D eigenvalue weighted by Crippen LogP contribution is -2.14. The Bertz CT molecular complexity index is 913. The fourth-order valence-electron chi connectivity index (χ4n) is 2.81. The Morgan fingerprint density at radius 3 is 2.32 bits per heavy atom. The van der Waals surface area contributed by atoms with Crippen LogP contribution in [0.1, 0.15) is 44.7 Å². The van der Waals surface area contributed by atoms with E-state index in [-0.39, 0.29) is 5.91 Å². The van der Waals surface area contributed by atoms with Gasteiger partial charge in [0.2, 0.25) is 5.91 Å². The van der Waals surface area contributed by atoms with Crippen molar-refractivity contribution >= 4 is 34.1 Å². The van der Waals surface area contributed by atoms with Crippen LogP contribution in [0.25, 0.3) is 11.3 Å². The zero-order valence-corrected chi connectivity index (χ0v) is 18.4. The molecule has 28 heavy (non-hydrogen) atoms. The average molecular weight is 411 g/mol. The zero-order valence-electron chi connectivity index (χ0n) is 16.7. The van der Waals surface area contributed by atoms with Crippen molar-refractivity contribution in [2.75, 3.05) is 5.32 Å². The lowest BCUT2D eigenvalue weighted by molar-refractivity contribution is -0.115. The Morgan fingerprint density at radius 1 is 1.04 bits per heavy atom. The smallest absolute Gasteiger partial charge is 0.230 e. The highest BCUT2D eigenvalue weighted by Crippen LogP contribution is 2.27. The van der Waals surface area contributed by atoms with Gasteiger partial charge in [-0.2, -0.15) is 0 Å². The molecule has 0 atom stereocenters. The number of thioether (sulfide) groups is 1. The number of benzene rings is 2. The Kier molecular flexibility index (Phi) is 6.92. The third-order valence-electron chi connectivity index (χ3n) is 4.28. The molecule has 1 aromatic heterocycles. The molecule has 0 saturated heterocycles. The van der Waals surface area contributed by atoms with Gasteiger partial charge in [0.05, 0.1) is 12.1 Å². The highest BCUT2D eigenvalue weighted by atomic mass is 32.2. The fraction of sp³-hybridized carbons (Fsp3) is 0.304. The van der Waals surface area contributed by atoms with Crippen LogP contribution in [-0.2, 0) is 11.2 Å². The Morgan fingerprint density at radius 2 is 1.71 bits per heavy atom. The number of nitrogens with one attached hydrogen (secondary N) is 1. The number of hydrogen-bond donors (Lipinski definition) is 1. The van der Waals surface area contributed by atoms with Crippen LogP contribution in [0.5, 0.6) is 0 Å². The zero-order chi connectivity index (χ0) is 20.1. The van der Waals surface area contributed by atoms with E-state index >= 15 is 0 Å². The van der Waals surface area contributed by atoms with E-state index in [4.69, 9.17) is 0 Å². The van der Waals surface area contributed by atoms with Crippen molar-refractivity contribution in [3.05, 3.63) is 65.0 Å². The van der Waals surface area contributed by atoms with Gasteiger partial charge in [-0.3, -0.25) is 4.79 Å². The van der Waals surface area contributed by atoms with Crippen LogP contribution in [0.2, 0.25) is 0 Å². The molecule has 0 spiro atoms. The summed E-state index contributed by atoms with van der Waals surface area (Å²) in [6.45, 7) is 8.71.